The van der Waals surface area contributed by atoms with Gasteiger partial charge in [0.1, 0.15) is 12.6 Å². The molecule has 1 heterocycles. The molecule has 1 aromatic carbocycles. The first kappa shape index (κ1) is 13.8. The number of rotatable bonds is 3. The molecule has 0 radical (unpaired) electrons. The molecule has 0 fully saturated rings. The summed E-state index contributed by atoms with van der Waals surface area (Å²) in [6, 6.07) is 4.34. The molecule has 0 bridgehead atoms. The first-order valence-corrected chi connectivity index (χ1v) is 6.44. The average Bonchev–Trinajstić information content (AvgIpc) is 2.62. The minimum absolute atomic E-state index is 0.00546. The Labute approximate surface area is 116 Å². The van der Waals surface area contributed by atoms with Crippen LogP contribution in [0.2, 0.25) is 5.02 Å². The Morgan fingerprint density at radius 1 is 1.53 bits per heavy atom. The second-order valence-corrected chi connectivity index (χ2v) is 4.95. The van der Waals surface area contributed by atoms with Gasteiger partial charge in [0.2, 0.25) is 11.8 Å². The van der Waals surface area contributed by atoms with Crippen LogP contribution in [-0.2, 0) is 9.59 Å². The summed E-state index contributed by atoms with van der Waals surface area (Å²) in [5, 5.41) is 0.529. The number of halogens is 1. The number of carbonyl (C=O) groups is 2. The molecular weight excluding hydrogens is 266 g/mol. The summed E-state index contributed by atoms with van der Waals surface area (Å²) < 4.78 is 0. The molecular formula is C13H16ClN3O2. The van der Waals surface area contributed by atoms with Gasteiger partial charge in [0, 0.05) is 29.9 Å². The standard InChI is InChI=1S/C13H16ClN3O2/c1-3-16(2)11(18)7-17-10-5-4-8(14)6-9(10)12(15)13(17)19/h4-6,12H,3,7,15H2,1-2H3. The number of likely N-dealkylation sites (N-methyl/N-ethyl adjacent to an activating group) is 1. The fraction of sp³-hybridized carbons (Fsp3) is 0.385. The van der Waals surface area contributed by atoms with Crippen LogP contribution in [0, 0.1) is 0 Å². The number of hydrogen-bond acceptors (Lipinski definition) is 3. The summed E-state index contributed by atoms with van der Waals surface area (Å²) >= 11 is 5.90. The third-order valence-electron chi connectivity index (χ3n) is 3.34. The summed E-state index contributed by atoms with van der Waals surface area (Å²) in [6.07, 6.45) is 0. The zero-order valence-corrected chi connectivity index (χ0v) is 11.6. The van der Waals surface area contributed by atoms with Crippen molar-refractivity contribution < 1.29 is 9.59 Å². The number of nitrogens with zero attached hydrogens (tertiary/aromatic N) is 2. The van der Waals surface area contributed by atoms with Gasteiger partial charge >= 0.3 is 0 Å². The summed E-state index contributed by atoms with van der Waals surface area (Å²) in [5.74, 6) is -0.388. The van der Waals surface area contributed by atoms with Crippen molar-refractivity contribution in [1.82, 2.24) is 4.90 Å². The lowest BCUT2D eigenvalue weighted by Crippen LogP contribution is -2.41. The van der Waals surface area contributed by atoms with Crippen molar-refractivity contribution in [2.24, 2.45) is 5.73 Å². The molecule has 102 valence electrons. The molecule has 19 heavy (non-hydrogen) atoms. The molecule has 1 aliphatic rings. The molecule has 0 aliphatic carbocycles. The number of amides is 2. The lowest BCUT2D eigenvalue weighted by atomic mass is 10.1. The smallest absolute Gasteiger partial charge is 0.249 e. The molecule has 2 N–H and O–H groups in total. The van der Waals surface area contributed by atoms with Gasteiger partial charge in [-0.3, -0.25) is 9.59 Å². The predicted octanol–water partition coefficient (Wildman–Crippen LogP) is 1.16. The summed E-state index contributed by atoms with van der Waals surface area (Å²) in [4.78, 5) is 27.0. The van der Waals surface area contributed by atoms with Crippen molar-refractivity contribution in [2.45, 2.75) is 13.0 Å². The lowest BCUT2D eigenvalue weighted by molar-refractivity contribution is -0.130. The highest BCUT2D eigenvalue weighted by molar-refractivity contribution is 6.31. The molecule has 2 amide bonds. The first-order chi connectivity index (χ1) is 8.95. The second-order valence-electron chi connectivity index (χ2n) is 4.51. The van der Waals surface area contributed by atoms with E-state index >= 15 is 0 Å². The van der Waals surface area contributed by atoms with E-state index in [0.717, 1.165) is 0 Å². The van der Waals surface area contributed by atoms with Crippen LogP contribution in [0.4, 0.5) is 5.69 Å². The van der Waals surface area contributed by atoms with Crippen LogP contribution in [0.1, 0.15) is 18.5 Å². The fourth-order valence-electron chi connectivity index (χ4n) is 2.04. The summed E-state index contributed by atoms with van der Waals surface area (Å²) in [7, 11) is 1.70. The number of fused-ring (bicyclic) bond motifs is 1. The fourth-order valence-corrected chi connectivity index (χ4v) is 2.22. The Kier molecular flexibility index (Phi) is 3.78. The highest BCUT2D eigenvalue weighted by Gasteiger charge is 2.36. The average molecular weight is 282 g/mol. The Morgan fingerprint density at radius 3 is 2.84 bits per heavy atom. The van der Waals surface area contributed by atoms with Gasteiger partial charge in [-0.15, -0.1) is 0 Å². The number of anilines is 1. The maximum atomic E-state index is 12.1. The van der Waals surface area contributed by atoms with E-state index < -0.39 is 6.04 Å². The molecule has 6 heteroatoms. The van der Waals surface area contributed by atoms with E-state index in [0.29, 0.717) is 22.8 Å². The molecule has 0 spiro atoms. The van der Waals surface area contributed by atoms with Crippen molar-refractivity contribution in [1.29, 1.82) is 0 Å². The van der Waals surface area contributed by atoms with Gasteiger partial charge in [-0.25, -0.2) is 0 Å². The van der Waals surface area contributed by atoms with Crippen molar-refractivity contribution >= 4 is 29.1 Å². The quantitative estimate of drug-likeness (QED) is 0.904. The summed E-state index contributed by atoms with van der Waals surface area (Å²) in [6.45, 7) is 2.48. The number of benzene rings is 1. The molecule has 1 unspecified atom stereocenters. The Balaban J connectivity index is 2.29. The maximum absolute atomic E-state index is 12.1. The molecule has 2 rings (SSSR count). The Bertz CT molecular complexity index is 533. The third kappa shape index (κ3) is 2.43. The van der Waals surface area contributed by atoms with Crippen LogP contribution < -0.4 is 10.6 Å². The van der Waals surface area contributed by atoms with E-state index in [-0.39, 0.29) is 18.4 Å². The van der Waals surface area contributed by atoms with Gasteiger partial charge in [-0.2, -0.15) is 0 Å². The van der Waals surface area contributed by atoms with E-state index in [2.05, 4.69) is 0 Å². The monoisotopic (exact) mass is 281 g/mol. The van der Waals surface area contributed by atoms with Crippen LogP contribution in [0.5, 0.6) is 0 Å². The van der Waals surface area contributed by atoms with E-state index in [4.69, 9.17) is 17.3 Å². The predicted molar refractivity (Wildman–Crippen MR) is 74.0 cm³/mol. The van der Waals surface area contributed by atoms with Crippen LogP contribution in [0.25, 0.3) is 0 Å². The SMILES string of the molecule is CCN(C)C(=O)CN1C(=O)C(N)c2cc(Cl)ccc21. The highest BCUT2D eigenvalue weighted by Crippen LogP contribution is 2.36. The molecule has 5 nitrogen and oxygen atoms in total. The van der Waals surface area contributed by atoms with Crippen molar-refractivity contribution in [2.75, 3.05) is 25.0 Å². The Hall–Kier alpha value is -1.59. The van der Waals surface area contributed by atoms with Gasteiger partial charge in [-0.05, 0) is 25.1 Å². The van der Waals surface area contributed by atoms with Gasteiger partial charge in [0.25, 0.3) is 0 Å². The zero-order chi connectivity index (χ0) is 14.2. The first-order valence-electron chi connectivity index (χ1n) is 6.06. The van der Waals surface area contributed by atoms with Gasteiger partial charge in [-0.1, -0.05) is 11.6 Å². The Morgan fingerprint density at radius 2 is 2.21 bits per heavy atom. The topological polar surface area (TPSA) is 66.6 Å². The minimum Gasteiger partial charge on any atom is -0.344 e. The number of hydrogen-bond donors (Lipinski definition) is 1. The van der Waals surface area contributed by atoms with Crippen LogP contribution in [-0.4, -0.2) is 36.9 Å². The van der Waals surface area contributed by atoms with Gasteiger partial charge < -0.3 is 15.5 Å². The highest BCUT2D eigenvalue weighted by atomic mass is 35.5. The van der Waals surface area contributed by atoms with E-state index in [1.807, 2.05) is 6.92 Å². The molecule has 0 saturated carbocycles. The minimum atomic E-state index is -0.742. The van der Waals surface area contributed by atoms with Gasteiger partial charge in [0.15, 0.2) is 0 Å². The number of carbonyl (C=O) groups excluding carboxylic acids is 2. The van der Waals surface area contributed by atoms with Crippen molar-refractivity contribution in [3.63, 3.8) is 0 Å². The lowest BCUT2D eigenvalue weighted by Gasteiger charge is -2.21. The van der Waals surface area contributed by atoms with E-state index in [9.17, 15) is 9.59 Å². The van der Waals surface area contributed by atoms with Gasteiger partial charge in [0.05, 0.1) is 0 Å². The van der Waals surface area contributed by atoms with Crippen molar-refractivity contribution in [3.8, 4) is 0 Å². The molecule has 1 aromatic rings. The third-order valence-corrected chi connectivity index (χ3v) is 3.58. The van der Waals surface area contributed by atoms with Crippen molar-refractivity contribution in [3.05, 3.63) is 28.8 Å². The molecule has 0 aromatic heterocycles. The number of nitrogens with two attached hydrogens (primary N) is 1. The molecule has 1 atom stereocenters. The zero-order valence-electron chi connectivity index (χ0n) is 10.9. The van der Waals surface area contributed by atoms with Crippen LogP contribution >= 0.6 is 11.6 Å². The van der Waals surface area contributed by atoms with E-state index in [1.165, 1.54) is 4.90 Å². The maximum Gasteiger partial charge on any atom is 0.249 e. The largest absolute Gasteiger partial charge is 0.344 e. The van der Waals surface area contributed by atoms with Crippen LogP contribution in [0.3, 0.4) is 0 Å². The molecule has 0 saturated heterocycles. The van der Waals surface area contributed by atoms with Crippen LogP contribution in [0.15, 0.2) is 18.2 Å². The molecule has 1 aliphatic heterocycles. The normalized spacial score (nSPS) is 17.6. The second kappa shape index (κ2) is 5.19. The summed E-state index contributed by atoms with van der Waals surface area (Å²) in [5.41, 5.74) is 7.20. The van der Waals surface area contributed by atoms with E-state index in [1.54, 1.807) is 30.1 Å².